The first-order chi connectivity index (χ1) is 8.74. The smallest absolute Gasteiger partial charge is 0.170 e. The van der Waals surface area contributed by atoms with Gasteiger partial charge in [0.15, 0.2) is 5.76 Å². The van der Waals surface area contributed by atoms with Gasteiger partial charge in [-0.2, -0.15) is 5.10 Å². The molecule has 3 aromatic rings. The van der Waals surface area contributed by atoms with E-state index in [1.807, 2.05) is 25.3 Å². The zero-order valence-electron chi connectivity index (χ0n) is 9.74. The predicted octanol–water partition coefficient (Wildman–Crippen LogP) is 2.54. The summed E-state index contributed by atoms with van der Waals surface area (Å²) in [6.07, 6.45) is 3.41. The molecule has 2 aromatic heterocycles. The number of hydrogen-bond donors (Lipinski definition) is 1. The Kier molecular flexibility index (Phi) is 2.37. The highest BCUT2D eigenvalue weighted by atomic mass is 16.5. The van der Waals surface area contributed by atoms with Crippen molar-refractivity contribution in [2.45, 2.75) is 6.92 Å². The summed E-state index contributed by atoms with van der Waals surface area (Å²) in [4.78, 5) is 0. The van der Waals surface area contributed by atoms with Crippen LogP contribution in [0, 0.1) is 6.92 Å². The molecular weight excluding hydrogens is 230 g/mol. The van der Waals surface area contributed by atoms with E-state index < -0.39 is 0 Å². The van der Waals surface area contributed by atoms with Gasteiger partial charge in [0, 0.05) is 12.3 Å². The largest absolute Gasteiger partial charge is 0.507 e. The zero-order chi connectivity index (χ0) is 12.5. The second-order valence-electron chi connectivity index (χ2n) is 3.98. The molecule has 5 nitrogen and oxygen atoms in total. The van der Waals surface area contributed by atoms with Crippen molar-refractivity contribution in [2.24, 2.45) is 0 Å². The maximum absolute atomic E-state index is 9.84. The van der Waals surface area contributed by atoms with E-state index in [1.54, 1.807) is 29.1 Å². The monoisotopic (exact) mass is 241 g/mol. The number of aromatic hydroxyl groups is 1. The van der Waals surface area contributed by atoms with Gasteiger partial charge in [0.1, 0.15) is 5.75 Å². The van der Waals surface area contributed by atoms with Gasteiger partial charge in [0.25, 0.3) is 0 Å². The number of aromatic nitrogens is 3. The van der Waals surface area contributed by atoms with Crippen molar-refractivity contribution >= 4 is 0 Å². The van der Waals surface area contributed by atoms with E-state index in [1.165, 1.54) is 0 Å². The van der Waals surface area contributed by atoms with Crippen LogP contribution in [-0.4, -0.2) is 20.0 Å². The van der Waals surface area contributed by atoms with E-state index in [4.69, 9.17) is 4.52 Å². The second-order valence-corrected chi connectivity index (χ2v) is 3.98. The Labute approximate surface area is 103 Å². The molecule has 0 amide bonds. The quantitative estimate of drug-likeness (QED) is 0.748. The van der Waals surface area contributed by atoms with Crippen LogP contribution in [0.1, 0.15) is 5.69 Å². The summed E-state index contributed by atoms with van der Waals surface area (Å²) in [5.74, 6) is 0.678. The van der Waals surface area contributed by atoms with Crippen LogP contribution in [-0.2, 0) is 0 Å². The van der Waals surface area contributed by atoms with Gasteiger partial charge < -0.3 is 9.63 Å². The molecule has 18 heavy (non-hydrogen) atoms. The van der Waals surface area contributed by atoms with Crippen LogP contribution in [0.3, 0.4) is 0 Å². The van der Waals surface area contributed by atoms with Gasteiger partial charge in [-0.15, -0.1) is 0 Å². The second kappa shape index (κ2) is 4.03. The standard InChI is InChI=1S/C13H11N3O2/c1-9-5-7-16(15-9)10-2-3-12(17)11(8-10)13-4-6-14-18-13/h2-8,17H,1H3. The first kappa shape index (κ1) is 10.6. The summed E-state index contributed by atoms with van der Waals surface area (Å²) >= 11 is 0. The van der Waals surface area contributed by atoms with Crippen molar-refractivity contribution in [1.29, 1.82) is 0 Å². The average Bonchev–Trinajstić information content (AvgIpc) is 3.01. The molecule has 0 spiro atoms. The van der Waals surface area contributed by atoms with E-state index in [-0.39, 0.29) is 5.75 Å². The fourth-order valence-corrected chi connectivity index (χ4v) is 1.78. The SMILES string of the molecule is Cc1ccn(-c2ccc(O)c(-c3ccno3)c2)n1. The molecule has 90 valence electrons. The lowest BCUT2D eigenvalue weighted by Gasteiger charge is -2.05. The van der Waals surface area contributed by atoms with Crippen molar-refractivity contribution in [3.8, 4) is 22.8 Å². The number of phenolic OH excluding ortho intramolecular Hbond substituents is 1. The Balaban J connectivity index is 2.11. The van der Waals surface area contributed by atoms with Gasteiger partial charge in [0.2, 0.25) is 0 Å². The van der Waals surface area contributed by atoms with E-state index in [2.05, 4.69) is 10.3 Å². The predicted molar refractivity (Wildman–Crippen MR) is 65.5 cm³/mol. The number of hydrogen-bond acceptors (Lipinski definition) is 4. The van der Waals surface area contributed by atoms with Gasteiger partial charge in [0.05, 0.1) is 23.1 Å². The molecule has 0 saturated carbocycles. The maximum atomic E-state index is 9.84. The fraction of sp³-hybridized carbons (Fsp3) is 0.0769. The third kappa shape index (κ3) is 1.75. The summed E-state index contributed by atoms with van der Waals surface area (Å²) < 4.78 is 6.80. The number of aryl methyl sites for hydroxylation is 1. The highest BCUT2D eigenvalue weighted by Gasteiger charge is 2.10. The van der Waals surface area contributed by atoms with Crippen molar-refractivity contribution in [1.82, 2.24) is 14.9 Å². The summed E-state index contributed by atoms with van der Waals surface area (Å²) in [5.41, 5.74) is 2.38. The molecule has 0 aliphatic rings. The first-order valence-corrected chi connectivity index (χ1v) is 5.51. The Hall–Kier alpha value is -2.56. The van der Waals surface area contributed by atoms with E-state index in [0.29, 0.717) is 11.3 Å². The number of nitrogens with zero attached hydrogens (tertiary/aromatic N) is 3. The van der Waals surface area contributed by atoms with E-state index in [9.17, 15) is 5.11 Å². The molecule has 0 radical (unpaired) electrons. The van der Waals surface area contributed by atoms with E-state index in [0.717, 1.165) is 11.4 Å². The Morgan fingerprint density at radius 3 is 2.78 bits per heavy atom. The zero-order valence-corrected chi connectivity index (χ0v) is 9.74. The first-order valence-electron chi connectivity index (χ1n) is 5.51. The molecule has 3 rings (SSSR count). The molecule has 0 fully saturated rings. The molecule has 5 heteroatoms. The molecule has 0 aliphatic heterocycles. The van der Waals surface area contributed by atoms with Gasteiger partial charge in [-0.1, -0.05) is 5.16 Å². The molecule has 1 N–H and O–H groups in total. The molecule has 0 bridgehead atoms. The van der Waals surface area contributed by atoms with Crippen LogP contribution < -0.4 is 0 Å². The van der Waals surface area contributed by atoms with Crippen LogP contribution in [0.25, 0.3) is 17.0 Å². The van der Waals surface area contributed by atoms with E-state index >= 15 is 0 Å². The minimum Gasteiger partial charge on any atom is -0.507 e. The molecule has 0 aliphatic carbocycles. The highest BCUT2D eigenvalue weighted by molar-refractivity contribution is 5.67. The summed E-state index contributed by atoms with van der Waals surface area (Å²) in [5, 5.41) is 17.8. The molecule has 0 saturated heterocycles. The molecule has 0 atom stereocenters. The summed E-state index contributed by atoms with van der Waals surface area (Å²) in [6.45, 7) is 1.92. The van der Waals surface area contributed by atoms with Gasteiger partial charge >= 0.3 is 0 Å². The fourth-order valence-electron chi connectivity index (χ4n) is 1.78. The molecule has 1 aromatic carbocycles. The maximum Gasteiger partial charge on any atom is 0.170 e. The Morgan fingerprint density at radius 2 is 2.11 bits per heavy atom. The lowest BCUT2D eigenvalue weighted by Crippen LogP contribution is -1.95. The normalized spacial score (nSPS) is 10.7. The third-order valence-corrected chi connectivity index (χ3v) is 2.67. The Bertz CT molecular complexity index is 671. The molecular formula is C13H11N3O2. The summed E-state index contributed by atoms with van der Waals surface area (Å²) in [7, 11) is 0. The van der Waals surface area contributed by atoms with Crippen LogP contribution in [0.15, 0.2) is 47.2 Å². The Morgan fingerprint density at radius 1 is 1.22 bits per heavy atom. The minimum atomic E-state index is 0.152. The van der Waals surface area contributed by atoms with Crippen molar-refractivity contribution in [3.05, 3.63) is 48.4 Å². The van der Waals surface area contributed by atoms with Crippen LogP contribution in [0.5, 0.6) is 5.75 Å². The summed E-state index contributed by atoms with van der Waals surface area (Å²) in [6, 6.07) is 8.84. The number of phenols is 1. The van der Waals surface area contributed by atoms with Crippen LogP contribution in [0.2, 0.25) is 0 Å². The molecule has 2 heterocycles. The van der Waals surface area contributed by atoms with Gasteiger partial charge in [-0.25, -0.2) is 4.68 Å². The molecule has 0 unspecified atom stereocenters. The van der Waals surface area contributed by atoms with Crippen LogP contribution >= 0.6 is 0 Å². The van der Waals surface area contributed by atoms with Crippen molar-refractivity contribution in [3.63, 3.8) is 0 Å². The number of benzene rings is 1. The average molecular weight is 241 g/mol. The van der Waals surface area contributed by atoms with Crippen molar-refractivity contribution in [2.75, 3.05) is 0 Å². The minimum absolute atomic E-state index is 0.152. The lowest BCUT2D eigenvalue weighted by molar-refractivity contribution is 0.426. The third-order valence-electron chi connectivity index (χ3n) is 2.67. The van der Waals surface area contributed by atoms with Crippen LogP contribution in [0.4, 0.5) is 0 Å². The van der Waals surface area contributed by atoms with Gasteiger partial charge in [-0.3, -0.25) is 0 Å². The van der Waals surface area contributed by atoms with Gasteiger partial charge in [-0.05, 0) is 31.2 Å². The topological polar surface area (TPSA) is 64.1 Å². The number of rotatable bonds is 2. The highest BCUT2D eigenvalue weighted by Crippen LogP contribution is 2.30. The van der Waals surface area contributed by atoms with Crippen molar-refractivity contribution < 1.29 is 9.63 Å². The lowest BCUT2D eigenvalue weighted by atomic mass is 10.1.